The van der Waals surface area contributed by atoms with Gasteiger partial charge in [0.2, 0.25) is 5.13 Å². The molecule has 1 fully saturated rings. The predicted octanol–water partition coefficient (Wildman–Crippen LogP) is 2.23. The van der Waals surface area contributed by atoms with E-state index in [4.69, 9.17) is 0 Å². The van der Waals surface area contributed by atoms with Gasteiger partial charge in [-0.25, -0.2) is 4.98 Å². The number of anilines is 1. The van der Waals surface area contributed by atoms with Crippen LogP contribution in [0.15, 0.2) is 0 Å². The van der Waals surface area contributed by atoms with E-state index in [0.717, 1.165) is 18.0 Å². The molecule has 0 aliphatic heterocycles. The summed E-state index contributed by atoms with van der Waals surface area (Å²) >= 11 is 1.23. The molecule has 0 aromatic carbocycles. The quantitative estimate of drug-likeness (QED) is 0.803. The largest absolute Gasteiger partial charge is 0.411 e. The molecule has 0 bridgehead atoms. The fourth-order valence-electron chi connectivity index (χ4n) is 1.17. The van der Waals surface area contributed by atoms with Gasteiger partial charge in [-0.15, -0.1) is 0 Å². The van der Waals surface area contributed by atoms with E-state index in [9.17, 15) is 13.2 Å². The molecule has 0 amide bonds. The molecule has 0 radical (unpaired) electrons. The van der Waals surface area contributed by atoms with Gasteiger partial charge in [0.15, 0.2) is 0 Å². The predicted molar refractivity (Wildman–Crippen MR) is 57.1 cm³/mol. The minimum atomic E-state index is -4.27. The van der Waals surface area contributed by atoms with Crippen LogP contribution in [-0.4, -0.2) is 34.8 Å². The summed E-state index contributed by atoms with van der Waals surface area (Å²) < 4.78 is 43.8. The topological polar surface area (TPSA) is 47.0 Å². The molecule has 0 unspecified atom stereocenters. The van der Waals surface area contributed by atoms with E-state index in [1.807, 2.05) is 0 Å². The number of hydrogen-bond donors (Lipinski definition) is 1. The van der Waals surface area contributed by atoms with Gasteiger partial charge in [0.25, 0.3) is 0 Å². The second-order valence-electron chi connectivity index (χ2n) is 3.85. The van der Waals surface area contributed by atoms with Crippen LogP contribution >= 0.6 is 11.5 Å². The van der Waals surface area contributed by atoms with Crippen molar-refractivity contribution in [3.05, 3.63) is 5.82 Å². The second-order valence-corrected chi connectivity index (χ2v) is 4.60. The summed E-state index contributed by atoms with van der Waals surface area (Å²) in [5.41, 5.74) is 0. The van der Waals surface area contributed by atoms with Crippen molar-refractivity contribution in [2.75, 3.05) is 18.5 Å². The zero-order valence-corrected chi connectivity index (χ0v) is 9.77. The molecule has 1 saturated carbocycles. The number of rotatable bonds is 6. The summed E-state index contributed by atoms with van der Waals surface area (Å²) in [6.07, 6.45) is -1.68. The average Bonchev–Trinajstić information content (AvgIpc) is 2.91. The number of aromatic nitrogens is 2. The van der Waals surface area contributed by atoms with Crippen LogP contribution < -0.4 is 5.32 Å². The molecule has 1 aromatic rings. The zero-order valence-electron chi connectivity index (χ0n) is 8.96. The molecule has 1 heterocycles. The third kappa shape index (κ3) is 4.86. The number of halogens is 3. The Morgan fingerprint density at radius 3 is 2.82 bits per heavy atom. The first-order chi connectivity index (χ1) is 8.03. The summed E-state index contributed by atoms with van der Waals surface area (Å²) in [5.74, 6) is 0.528. The first-order valence-electron chi connectivity index (χ1n) is 5.26. The van der Waals surface area contributed by atoms with Crippen LogP contribution in [0.25, 0.3) is 0 Å². The Kier molecular flexibility index (Phi) is 3.82. The van der Waals surface area contributed by atoms with Crippen molar-refractivity contribution in [1.82, 2.24) is 9.36 Å². The molecule has 1 N–H and O–H groups in total. The molecule has 8 heteroatoms. The minimum Gasteiger partial charge on any atom is -0.372 e. The van der Waals surface area contributed by atoms with E-state index < -0.39 is 12.8 Å². The maximum atomic E-state index is 11.8. The number of nitrogens with zero attached hydrogens (tertiary/aromatic N) is 2. The van der Waals surface area contributed by atoms with Crippen molar-refractivity contribution in [1.29, 1.82) is 0 Å². The van der Waals surface area contributed by atoms with Gasteiger partial charge in [0, 0.05) is 24.0 Å². The van der Waals surface area contributed by atoms with Gasteiger partial charge in [0.1, 0.15) is 12.4 Å². The molecular formula is C9H12F3N3OS. The summed E-state index contributed by atoms with van der Waals surface area (Å²) in [6, 6.07) is 0.497. The molecule has 0 saturated heterocycles. The van der Waals surface area contributed by atoms with E-state index in [0.29, 0.717) is 18.3 Å². The molecule has 17 heavy (non-hydrogen) atoms. The lowest BCUT2D eigenvalue weighted by Crippen LogP contribution is -2.18. The highest BCUT2D eigenvalue weighted by atomic mass is 32.1. The fraction of sp³-hybridized carbons (Fsp3) is 0.778. The van der Waals surface area contributed by atoms with Crippen LogP contribution in [0.4, 0.5) is 18.3 Å². The van der Waals surface area contributed by atoms with Crippen LogP contribution in [0.5, 0.6) is 0 Å². The molecule has 1 aliphatic carbocycles. The van der Waals surface area contributed by atoms with Crippen molar-refractivity contribution < 1.29 is 17.9 Å². The minimum absolute atomic E-state index is 0.0148. The Labute approximate surface area is 100 Å². The van der Waals surface area contributed by atoms with Crippen LogP contribution in [-0.2, 0) is 11.2 Å². The molecule has 0 atom stereocenters. The summed E-state index contributed by atoms with van der Waals surface area (Å²) in [4.78, 5) is 4.16. The molecular weight excluding hydrogens is 255 g/mol. The Balaban J connectivity index is 1.66. The third-order valence-corrected chi connectivity index (χ3v) is 2.79. The smallest absolute Gasteiger partial charge is 0.372 e. The highest BCUT2D eigenvalue weighted by Crippen LogP contribution is 2.25. The number of hydrogen-bond acceptors (Lipinski definition) is 5. The van der Waals surface area contributed by atoms with Crippen LogP contribution in [0.3, 0.4) is 0 Å². The van der Waals surface area contributed by atoms with E-state index in [1.165, 1.54) is 11.5 Å². The van der Waals surface area contributed by atoms with Gasteiger partial charge >= 0.3 is 6.18 Å². The standard InChI is InChI=1S/C9H12F3N3OS/c10-9(11,12)5-16-4-3-7-14-8(17-15-7)13-6-1-2-6/h6H,1-5H2,(H,13,14,15). The highest BCUT2D eigenvalue weighted by Gasteiger charge is 2.27. The molecule has 4 nitrogen and oxygen atoms in total. The van der Waals surface area contributed by atoms with Crippen LogP contribution in [0, 0.1) is 0 Å². The van der Waals surface area contributed by atoms with E-state index >= 15 is 0 Å². The fourth-order valence-corrected chi connectivity index (χ4v) is 1.86. The van der Waals surface area contributed by atoms with Crippen LogP contribution in [0.1, 0.15) is 18.7 Å². The van der Waals surface area contributed by atoms with Crippen molar-refractivity contribution in [3.8, 4) is 0 Å². The number of ether oxygens (including phenoxy) is 1. The van der Waals surface area contributed by atoms with Gasteiger partial charge in [-0.1, -0.05) is 0 Å². The molecule has 0 spiro atoms. The third-order valence-electron chi connectivity index (χ3n) is 2.11. The van der Waals surface area contributed by atoms with Crippen LogP contribution in [0.2, 0.25) is 0 Å². The normalized spacial score (nSPS) is 16.2. The lowest BCUT2D eigenvalue weighted by molar-refractivity contribution is -0.173. The first-order valence-corrected chi connectivity index (χ1v) is 6.04. The van der Waals surface area contributed by atoms with Gasteiger partial charge in [-0.3, -0.25) is 0 Å². The summed E-state index contributed by atoms with van der Waals surface area (Å²) in [6.45, 7) is -1.23. The Morgan fingerprint density at radius 2 is 2.18 bits per heavy atom. The van der Waals surface area contributed by atoms with E-state index in [1.54, 1.807) is 0 Å². The summed E-state index contributed by atoms with van der Waals surface area (Å²) in [7, 11) is 0. The van der Waals surface area contributed by atoms with Gasteiger partial charge in [-0.05, 0) is 12.8 Å². The van der Waals surface area contributed by atoms with Gasteiger partial charge in [-0.2, -0.15) is 17.5 Å². The molecule has 2 rings (SSSR count). The molecule has 1 aliphatic rings. The Hall–Kier alpha value is -0.890. The lowest BCUT2D eigenvalue weighted by atomic mass is 10.4. The maximum absolute atomic E-state index is 11.8. The molecule has 96 valence electrons. The number of nitrogens with one attached hydrogen (secondary N) is 1. The Bertz CT molecular complexity index is 365. The monoisotopic (exact) mass is 267 g/mol. The van der Waals surface area contributed by atoms with Crippen molar-refractivity contribution in [2.24, 2.45) is 0 Å². The van der Waals surface area contributed by atoms with Crippen molar-refractivity contribution in [2.45, 2.75) is 31.5 Å². The van der Waals surface area contributed by atoms with Crippen molar-refractivity contribution >= 4 is 16.7 Å². The first kappa shape index (κ1) is 12.6. The zero-order chi connectivity index (χ0) is 12.3. The number of alkyl halides is 3. The van der Waals surface area contributed by atoms with E-state index in [-0.39, 0.29) is 6.61 Å². The van der Waals surface area contributed by atoms with E-state index in [2.05, 4.69) is 19.4 Å². The molecule has 1 aromatic heterocycles. The second kappa shape index (κ2) is 5.18. The average molecular weight is 267 g/mol. The Morgan fingerprint density at radius 1 is 1.41 bits per heavy atom. The maximum Gasteiger partial charge on any atom is 0.411 e. The summed E-state index contributed by atoms with van der Waals surface area (Å²) in [5, 5.41) is 3.91. The van der Waals surface area contributed by atoms with Gasteiger partial charge in [0.05, 0.1) is 6.61 Å². The SMILES string of the molecule is FC(F)(F)COCCc1nsc(NC2CC2)n1. The highest BCUT2D eigenvalue weighted by molar-refractivity contribution is 7.09. The lowest BCUT2D eigenvalue weighted by Gasteiger charge is -2.05. The van der Waals surface area contributed by atoms with Crippen molar-refractivity contribution in [3.63, 3.8) is 0 Å². The van der Waals surface area contributed by atoms with Gasteiger partial charge < -0.3 is 10.1 Å².